The van der Waals surface area contributed by atoms with E-state index < -0.39 is 42.5 Å². The molecule has 0 amide bonds. The van der Waals surface area contributed by atoms with Crippen LogP contribution in [0.1, 0.15) is 32.6 Å². The molecule has 0 aromatic rings. The van der Waals surface area contributed by atoms with Gasteiger partial charge in [0, 0.05) is 0 Å². The van der Waals surface area contributed by atoms with E-state index in [1.165, 1.54) is 0 Å². The Bertz CT molecular complexity index is 310. The van der Waals surface area contributed by atoms with Crippen molar-refractivity contribution in [3.05, 3.63) is 0 Å². The Balaban J connectivity index is 0. The zero-order chi connectivity index (χ0) is 16.3. The van der Waals surface area contributed by atoms with Crippen molar-refractivity contribution in [1.29, 1.82) is 0 Å². The minimum absolute atomic E-state index is 0.103. The van der Waals surface area contributed by atoms with Crippen molar-refractivity contribution < 1.29 is 45.0 Å². The SMILES string of the molecule is CCCC(O)CO.O=C(O)CC(O)(CC(=O)O)C(=O)O. The number of carboxylic acid groups (broad SMARTS) is 3. The molecule has 0 aliphatic carbocycles. The molecular formula is C11H20O9. The van der Waals surface area contributed by atoms with Crippen molar-refractivity contribution >= 4 is 17.9 Å². The van der Waals surface area contributed by atoms with Crippen LogP contribution in [0.3, 0.4) is 0 Å². The lowest BCUT2D eigenvalue weighted by atomic mass is 9.96. The molecule has 6 N–H and O–H groups in total. The van der Waals surface area contributed by atoms with Gasteiger partial charge in [0.25, 0.3) is 0 Å². The molecule has 0 saturated heterocycles. The number of aliphatic hydroxyl groups is 3. The molecule has 0 saturated carbocycles. The summed E-state index contributed by atoms with van der Waals surface area (Å²) < 4.78 is 0. The number of hydrogen-bond donors (Lipinski definition) is 6. The van der Waals surface area contributed by atoms with E-state index in [-0.39, 0.29) is 6.61 Å². The van der Waals surface area contributed by atoms with E-state index in [2.05, 4.69) is 0 Å². The molecule has 0 aromatic heterocycles. The molecule has 9 nitrogen and oxygen atoms in total. The van der Waals surface area contributed by atoms with Crippen LogP contribution in [0.5, 0.6) is 0 Å². The summed E-state index contributed by atoms with van der Waals surface area (Å²) in [5.74, 6) is -5.02. The first-order valence-corrected chi connectivity index (χ1v) is 5.77. The molecule has 0 heterocycles. The first kappa shape index (κ1) is 20.6. The summed E-state index contributed by atoms with van der Waals surface area (Å²) >= 11 is 0. The fourth-order valence-corrected chi connectivity index (χ4v) is 1.14. The molecule has 118 valence electrons. The highest BCUT2D eigenvalue weighted by Crippen LogP contribution is 2.15. The normalized spacial score (nSPS) is 12.0. The van der Waals surface area contributed by atoms with E-state index in [0.29, 0.717) is 6.42 Å². The smallest absolute Gasteiger partial charge is 0.336 e. The Hall–Kier alpha value is -1.71. The molecule has 0 aromatic carbocycles. The minimum atomic E-state index is -2.74. The van der Waals surface area contributed by atoms with Crippen LogP contribution >= 0.6 is 0 Å². The van der Waals surface area contributed by atoms with Gasteiger partial charge < -0.3 is 30.6 Å². The third-order valence-corrected chi connectivity index (χ3v) is 2.12. The largest absolute Gasteiger partial charge is 0.481 e. The average molecular weight is 296 g/mol. The molecule has 1 atom stereocenters. The Morgan fingerprint density at radius 1 is 1.05 bits per heavy atom. The van der Waals surface area contributed by atoms with E-state index in [0.717, 1.165) is 6.42 Å². The highest BCUT2D eigenvalue weighted by Gasteiger charge is 2.40. The molecular weight excluding hydrogens is 276 g/mol. The van der Waals surface area contributed by atoms with Gasteiger partial charge in [-0.2, -0.15) is 0 Å². The number of hydrogen-bond acceptors (Lipinski definition) is 6. The Morgan fingerprint density at radius 2 is 1.45 bits per heavy atom. The molecule has 20 heavy (non-hydrogen) atoms. The van der Waals surface area contributed by atoms with E-state index >= 15 is 0 Å². The molecule has 0 radical (unpaired) electrons. The molecule has 0 aliphatic heterocycles. The maximum atomic E-state index is 10.3. The standard InChI is InChI=1S/C6H8O7.C5H12O2/c7-3(8)1-6(13,5(11)12)2-4(9)10;1-2-3-5(7)4-6/h13H,1-2H2,(H,7,8)(H,9,10)(H,11,12);5-7H,2-4H2,1H3. The van der Waals surface area contributed by atoms with Crippen molar-refractivity contribution in [1.82, 2.24) is 0 Å². The maximum Gasteiger partial charge on any atom is 0.336 e. The van der Waals surface area contributed by atoms with Crippen LogP contribution in [0.25, 0.3) is 0 Å². The summed E-state index contributed by atoms with van der Waals surface area (Å²) in [6, 6.07) is 0. The lowest BCUT2D eigenvalue weighted by Crippen LogP contribution is -2.42. The van der Waals surface area contributed by atoms with E-state index in [4.69, 9.17) is 30.6 Å². The van der Waals surface area contributed by atoms with Gasteiger partial charge >= 0.3 is 17.9 Å². The third kappa shape index (κ3) is 10.2. The summed E-state index contributed by atoms with van der Waals surface area (Å²) in [4.78, 5) is 30.5. The lowest BCUT2D eigenvalue weighted by molar-refractivity contribution is -0.170. The molecule has 0 spiro atoms. The van der Waals surface area contributed by atoms with Gasteiger partial charge in [-0.15, -0.1) is 0 Å². The van der Waals surface area contributed by atoms with Crippen LogP contribution in [0, 0.1) is 0 Å². The van der Waals surface area contributed by atoms with Crippen molar-refractivity contribution in [3.63, 3.8) is 0 Å². The predicted molar refractivity (Wildman–Crippen MR) is 65.1 cm³/mol. The van der Waals surface area contributed by atoms with Gasteiger partial charge in [0.15, 0.2) is 5.60 Å². The monoisotopic (exact) mass is 296 g/mol. The predicted octanol–water partition coefficient (Wildman–Crippen LogP) is -1.11. The second kappa shape index (κ2) is 10.1. The number of rotatable bonds is 8. The maximum absolute atomic E-state index is 10.3. The summed E-state index contributed by atoms with van der Waals surface area (Å²) in [5.41, 5.74) is -2.74. The number of aliphatic carboxylic acids is 3. The van der Waals surface area contributed by atoms with Crippen molar-refractivity contribution in [3.8, 4) is 0 Å². The second-order valence-electron chi connectivity index (χ2n) is 4.10. The molecule has 0 aliphatic rings. The van der Waals surface area contributed by atoms with Crippen molar-refractivity contribution in [2.45, 2.75) is 44.3 Å². The van der Waals surface area contributed by atoms with Crippen molar-refractivity contribution in [2.24, 2.45) is 0 Å². The zero-order valence-electron chi connectivity index (χ0n) is 11.0. The summed E-state index contributed by atoms with van der Waals surface area (Å²) in [6.07, 6.45) is -1.15. The van der Waals surface area contributed by atoms with Crippen LogP contribution in [-0.4, -0.2) is 66.9 Å². The van der Waals surface area contributed by atoms with E-state index in [1.54, 1.807) is 0 Å². The number of aliphatic hydroxyl groups excluding tert-OH is 2. The quantitative estimate of drug-likeness (QED) is 0.324. The molecule has 9 heteroatoms. The van der Waals surface area contributed by atoms with Crippen LogP contribution in [0.2, 0.25) is 0 Å². The molecule has 1 unspecified atom stereocenters. The summed E-state index contributed by atoms with van der Waals surface area (Å²) in [7, 11) is 0. The van der Waals surface area contributed by atoms with Gasteiger partial charge in [-0.1, -0.05) is 13.3 Å². The Kier molecular flexibility index (Phi) is 10.4. The Labute approximate surface area is 115 Å². The summed E-state index contributed by atoms with van der Waals surface area (Å²) in [6.45, 7) is 1.87. The van der Waals surface area contributed by atoms with Crippen LogP contribution < -0.4 is 0 Å². The number of carbonyl (C=O) groups is 3. The molecule has 0 bridgehead atoms. The minimum Gasteiger partial charge on any atom is -0.481 e. The second-order valence-corrected chi connectivity index (χ2v) is 4.10. The van der Waals surface area contributed by atoms with Gasteiger partial charge in [0.2, 0.25) is 0 Å². The average Bonchev–Trinajstić information content (AvgIpc) is 2.27. The van der Waals surface area contributed by atoms with Gasteiger partial charge in [-0.25, -0.2) is 4.79 Å². The lowest BCUT2D eigenvalue weighted by Gasteiger charge is -2.18. The first-order valence-electron chi connectivity index (χ1n) is 5.77. The fourth-order valence-electron chi connectivity index (χ4n) is 1.14. The van der Waals surface area contributed by atoms with Gasteiger partial charge in [0.1, 0.15) is 0 Å². The zero-order valence-corrected chi connectivity index (χ0v) is 11.0. The van der Waals surface area contributed by atoms with Gasteiger partial charge in [0.05, 0.1) is 25.6 Å². The van der Waals surface area contributed by atoms with E-state index in [1.807, 2.05) is 6.92 Å². The topological polar surface area (TPSA) is 173 Å². The highest BCUT2D eigenvalue weighted by atomic mass is 16.4. The van der Waals surface area contributed by atoms with E-state index in [9.17, 15) is 14.4 Å². The summed E-state index contributed by atoms with van der Waals surface area (Å²) in [5, 5.41) is 50.6. The van der Waals surface area contributed by atoms with Gasteiger partial charge in [-0.3, -0.25) is 9.59 Å². The first-order chi connectivity index (χ1) is 9.08. The third-order valence-electron chi connectivity index (χ3n) is 2.12. The van der Waals surface area contributed by atoms with Crippen LogP contribution in [-0.2, 0) is 14.4 Å². The van der Waals surface area contributed by atoms with Crippen LogP contribution in [0.15, 0.2) is 0 Å². The molecule has 0 fully saturated rings. The number of carboxylic acids is 3. The van der Waals surface area contributed by atoms with Gasteiger partial charge in [-0.05, 0) is 6.42 Å². The van der Waals surface area contributed by atoms with Crippen LogP contribution in [0.4, 0.5) is 0 Å². The fraction of sp³-hybridized carbons (Fsp3) is 0.727. The van der Waals surface area contributed by atoms with Crippen molar-refractivity contribution in [2.75, 3.05) is 6.61 Å². The highest BCUT2D eigenvalue weighted by molar-refractivity contribution is 5.88. The Morgan fingerprint density at radius 3 is 1.60 bits per heavy atom. The molecule has 0 rings (SSSR count).